The normalized spacial score (nSPS) is 33.9. The fraction of sp³-hybridized carbons (Fsp3) is 0.600. The number of ether oxygens (including phenoxy) is 1. The topological polar surface area (TPSA) is 21.3 Å². The molecule has 17 heavy (non-hydrogen) atoms. The highest BCUT2D eigenvalue weighted by molar-refractivity contribution is 5.21. The molecule has 3 unspecified atom stereocenters. The first-order valence-corrected chi connectivity index (χ1v) is 6.34. The monoisotopic (exact) mass is 233 g/mol. The van der Waals surface area contributed by atoms with Crippen LogP contribution in [0, 0.1) is 5.41 Å². The van der Waals surface area contributed by atoms with Crippen molar-refractivity contribution in [3.63, 3.8) is 0 Å². The third-order valence-electron chi connectivity index (χ3n) is 3.88. The second-order valence-electron chi connectivity index (χ2n) is 6.17. The van der Waals surface area contributed by atoms with Gasteiger partial charge in [-0.3, -0.25) is 5.32 Å². The van der Waals surface area contributed by atoms with Crippen molar-refractivity contribution in [2.45, 2.75) is 52.5 Å². The maximum atomic E-state index is 6.30. The molecule has 1 aromatic rings. The van der Waals surface area contributed by atoms with Crippen LogP contribution in [0.15, 0.2) is 30.3 Å². The summed E-state index contributed by atoms with van der Waals surface area (Å²) in [5.41, 5.74) is 1.05. The molecule has 2 rings (SSSR count). The smallest absolute Gasteiger partial charge is 0.122 e. The van der Waals surface area contributed by atoms with Crippen molar-refractivity contribution >= 4 is 0 Å². The molecule has 0 radical (unpaired) electrons. The van der Waals surface area contributed by atoms with Crippen LogP contribution in [0.2, 0.25) is 0 Å². The third kappa shape index (κ3) is 2.24. The van der Waals surface area contributed by atoms with E-state index in [2.05, 4.69) is 64.2 Å². The van der Waals surface area contributed by atoms with Crippen LogP contribution in [0.4, 0.5) is 0 Å². The van der Waals surface area contributed by atoms with Crippen LogP contribution in [-0.4, -0.2) is 11.8 Å². The standard InChI is InChI=1S/C15H23NO/c1-11-13(12-9-7-6-8-10-12)17-15(5,16-11)14(2,3)4/h6-11,13,16H,1-5H3. The number of benzene rings is 1. The van der Waals surface area contributed by atoms with Gasteiger partial charge in [0, 0.05) is 11.5 Å². The summed E-state index contributed by atoms with van der Waals surface area (Å²) >= 11 is 0. The largest absolute Gasteiger partial charge is 0.351 e. The lowest BCUT2D eigenvalue weighted by atomic mass is 9.84. The second-order valence-corrected chi connectivity index (χ2v) is 6.17. The van der Waals surface area contributed by atoms with Crippen molar-refractivity contribution in [1.82, 2.24) is 5.32 Å². The molecule has 0 saturated carbocycles. The Morgan fingerprint density at radius 3 is 2.24 bits per heavy atom. The highest BCUT2D eigenvalue weighted by Gasteiger charge is 2.48. The van der Waals surface area contributed by atoms with E-state index in [-0.39, 0.29) is 17.2 Å². The number of hydrogen-bond acceptors (Lipinski definition) is 2. The summed E-state index contributed by atoms with van der Waals surface area (Å²) in [5, 5.41) is 3.60. The molecule has 1 N–H and O–H groups in total. The van der Waals surface area contributed by atoms with E-state index < -0.39 is 0 Å². The van der Waals surface area contributed by atoms with Crippen LogP contribution in [0.1, 0.15) is 46.3 Å². The van der Waals surface area contributed by atoms with Gasteiger partial charge in [0.1, 0.15) is 5.72 Å². The van der Waals surface area contributed by atoms with Crippen molar-refractivity contribution < 1.29 is 4.74 Å². The molecule has 94 valence electrons. The molecule has 1 fully saturated rings. The molecule has 0 amide bonds. The molecule has 0 spiro atoms. The Labute approximate surface area is 104 Å². The molecule has 1 heterocycles. The molecule has 1 aromatic carbocycles. The van der Waals surface area contributed by atoms with E-state index in [0.29, 0.717) is 6.04 Å². The van der Waals surface area contributed by atoms with E-state index in [9.17, 15) is 0 Å². The number of rotatable bonds is 1. The quantitative estimate of drug-likeness (QED) is 0.801. The van der Waals surface area contributed by atoms with Crippen molar-refractivity contribution in [3.8, 4) is 0 Å². The van der Waals surface area contributed by atoms with Gasteiger partial charge in [0.2, 0.25) is 0 Å². The summed E-state index contributed by atoms with van der Waals surface area (Å²) in [5.74, 6) is 0. The lowest BCUT2D eigenvalue weighted by Crippen LogP contribution is -2.50. The van der Waals surface area contributed by atoms with E-state index in [1.54, 1.807) is 0 Å². The lowest BCUT2D eigenvalue weighted by molar-refractivity contribution is -0.108. The molecule has 3 atom stereocenters. The van der Waals surface area contributed by atoms with Gasteiger partial charge in [-0.05, 0) is 19.4 Å². The molecule has 0 aromatic heterocycles. The van der Waals surface area contributed by atoms with E-state index >= 15 is 0 Å². The Bertz CT molecular complexity index is 382. The Morgan fingerprint density at radius 1 is 1.18 bits per heavy atom. The lowest BCUT2D eigenvalue weighted by Gasteiger charge is -2.38. The molecule has 0 bridgehead atoms. The van der Waals surface area contributed by atoms with Crippen LogP contribution in [0.5, 0.6) is 0 Å². The van der Waals surface area contributed by atoms with Gasteiger partial charge in [-0.1, -0.05) is 51.1 Å². The number of hydrogen-bond donors (Lipinski definition) is 1. The predicted molar refractivity (Wildman–Crippen MR) is 70.7 cm³/mol. The SMILES string of the molecule is CC1NC(C)(C(C)(C)C)OC1c1ccccc1. The maximum absolute atomic E-state index is 6.30. The first-order valence-electron chi connectivity index (χ1n) is 6.34. The van der Waals surface area contributed by atoms with Gasteiger partial charge in [0.25, 0.3) is 0 Å². The third-order valence-corrected chi connectivity index (χ3v) is 3.88. The summed E-state index contributed by atoms with van der Waals surface area (Å²) in [6, 6.07) is 10.8. The van der Waals surface area contributed by atoms with Crippen molar-refractivity contribution in [2.75, 3.05) is 0 Å². The average molecular weight is 233 g/mol. The van der Waals surface area contributed by atoms with Crippen LogP contribution < -0.4 is 5.32 Å². The van der Waals surface area contributed by atoms with Gasteiger partial charge in [-0.2, -0.15) is 0 Å². The summed E-state index contributed by atoms with van der Waals surface area (Å²) in [6.45, 7) is 11.0. The Kier molecular flexibility index (Phi) is 3.04. The first kappa shape index (κ1) is 12.6. The molecule has 2 heteroatoms. The molecule has 2 nitrogen and oxygen atoms in total. The minimum atomic E-state index is -0.271. The predicted octanol–water partition coefficient (Wildman–Crippen LogP) is 3.50. The van der Waals surface area contributed by atoms with E-state index in [4.69, 9.17) is 4.74 Å². The van der Waals surface area contributed by atoms with Gasteiger partial charge >= 0.3 is 0 Å². The second kappa shape index (κ2) is 4.11. The zero-order valence-corrected chi connectivity index (χ0v) is 11.4. The van der Waals surface area contributed by atoms with Crippen LogP contribution in [-0.2, 0) is 4.74 Å². The van der Waals surface area contributed by atoms with Gasteiger partial charge in [0.05, 0.1) is 6.10 Å². The Hall–Kier alpha value is -0.860. The molecule has 0 aliphatic carbocycles. The number of nitrogens with one attached hydrogen (secondary N) is 1. The van der Waals surface area contributed by atoms with Crippen molar-refractivity contribution in [2.24, 2.45) is 5.41 Å². The van der Waals surface area contributed by atoms with Gasteiger partial charge in [-0.25, -0.2) is 0 Å². The van der Waals surface area contributed by atoms with Gasteiger partial charge < -0.3 is 4.74 Å². The zero-order valence-electron chi connectivity index (χ0n) is 11.4. The van der Waals surface area contributed by atoms with Crippen molar-refractivity contribution in [1.29, 1.82) is 0 Å². The van der Waals surface area contributed by atoms with Gasteiger partial charge in [0.15, 0.2) is 0 Å². The van der Waals surface area contributed by atoms with Crippen molar-refractivity contribution in [3.05, 3.63) is 35.9 Å². The zero-order chi connectivity index (χ0) is 12.7. The maximum Gasteiger partial charge on any atom is 0.122 e. The highest BCUT2D eigenvalue weighted by Crippen LogP contribution is 2.42. The summed E-state index contributed by atoms with van der Waals surface area (Å²) in [6.07, 6.45) is 0.139. The van der Waals surface area contributed by atoms with Crippen LogP contribution in [0.25, 0.3) is 0 Å². The molecule has 1 saturated heterocycles. The Balaban J connectivity index is 2.25. The van der Waals surface area contributed by atoms with Crippen LogP contribution >= 0.6 is 0 Å². The summed E-state index contributed by atoms with van der Waals surface area (Å²) in [7, 11) is 0. The highest BCUT2D eigenvalue weighted by atomic mass is 16.5. The van der Waals surface area contributed by atoms with Gasteiger partial charge in [-0.15, -0.1) is 0 Å². The van der Waals surface area contributed by atoms with E-state index in [0.717, 1.165) is 0 Å². The molecule has 1 aliphatic rings. The molecule has 1 aliphatic heterocycles. The van der Waals surface area contributed by atoms with E-state index in [1.165, 1.54) is 5.56 Å². The summed E-state index contributed by atoms with van der Waals surface area (Å²) < 4.78 is 6.30. The fourth-order valence-corrected chi connectivity index (χ4v) is 2.29. The molecular formula is C15H23NO. The fourth-order valence-electron chi connectivity index (χ4n) is 2.29. The van der Waals surface area contributed by atoms with E-state index in [1.807, 2.05) is 6.07 Å². The minimum Gasteiger partial charge on any atom is -0.351 e. The summed E-state index contributed by atoms with van der Waals surface area (Å²) in [4.78, 5) is 0. The minimum absolute atomic E-state index is 0.0742. The Morgan fingerprint density at radius 2 is 1.76 bits per heavy atom. The molecular weight excluding hydrogens is 210 g/mol. The van der Waals surface area contributed by atoms with Crippen LogP contribution in [0.3, 0.4) is 0 Å². The average Bonchev–Trinajstić information content (AvgIpc) is 2.56. The first-order chi connectivity index (χ1) is 7.83.